The molecule has 18 heavy (non-hydrogen) atoms. The van der Waals surface area contributed by atoms with Crippen LogP contribution in [0.15, 0.2) is 4.47 Å². The highest BCUT2D eigenvalue weighted by Crippen LogP contribution is 2.26. The van der Waals surface area contributed by atoms with Crippen molar-refractivity contribution < 1.29 is 5.11 Å². The molecule has 0 aliphatic carbocycles. The van der Waals surface area contributed by atoms with Crippen molar-refractivity contribution >= 4 is 15.9 Å². The van der Waals surface area contributed by atoms with E-state index in [9.17, 15) is 5.11 Å². The van der Waals surface area contributed by atoms with Gasteiger partial charge < -0.3 is 5.11 Å². The Hall–Kier alpha value is -0.390. The van der Waals surface area contributed by atoms with E-state index in [0.717, 1.165) is 42.6 Å². The lowest BCUT2D eigenvalue weighted by Crippen LogP contribution is -2.25. The van der Waals surface area contributed by atoms with E-state index in [1.165, 1.54) is 5.69 Å². The number of likely N-dealkylation sites (tertiary alicyclic amines) is 1. The molecule has 2 atom stereocenters. The standard InChI is InChI=1S/C13H22BrN3O/c1-4-11-13(14)12(16(3)15-11)8-17-6-5-10(7-17)9(2)18/h9-10,18H,4-8H2,1-3H3. The fourth-order valence-electron chi connectivity index (χ4n) is 2.60. The zero-order valence-corrected chi connectivity index (χ0v) is 12.9. The van der Waals surface area contributed by atoms with Gasteiger partial charge in [-0.2, -0.15) is 5.10 Å². The molecular weight excluding hydrogens is 294 g/mol. The fourth-order valence-corrected chi connectivity index (χ4v) is 3.35. The molecule has 1 aliphatic heterocycles. The number of rotatable bonds is 4. The molecule has 102 valence electrons. The van der Waals surface area contributed by atoms with Gasteiger partial charge in [0.15, 0.2) is 0 Å². The second-order valence-electron chi connectivity index (χ2n) is 5.21. The van der Waals surface area contributed by atoms with E-state index < -0.39 is 0 Å². The lowest BCUT2D eigenvalue weighted by atomic mass is 10.0. The van der Waals surface area contributed by atoms with Crippen LogP contribution in [0.5, 0.6) is 0 Å². The summed E-state index contributed by atoms with van der Waals surface area (Å²) in [5, 5.41) is 14.2. The molecule has 1 N–H and O–H groups in total. The fraction of sp³-hybridized carbons (Fsp3) is 0.769. The van der Waals surface area contributed by atoms with Gasteiger partial charge in [-0.15, -0.1) is 0 Å². The number of aliphatic hydroxyl groups excluding tert-OH is 1. The summed E-state index contributed by atoms with van der Waals surface area (Å²) >= 11 is 3.65. The summed E-state index contributed by atoms with van der Waals surface area (Å²) < 4.78 is 3.12. The van der Waals surface area contributed by atoms with Crippen LogP contribution >= 0.6 is 15.9 Å². The van der Waals surface area contributed by atoms with Crippen molar-refractivity contribution in [1.29, 1.82) is 0 Å². The predicted octanol–water partition coefficient (Wildman–Crippen LogP) is 1.95. The number of nitrogens with zero attached hydrogens (tertiary/aromatic N) is 3. The Kier molecular flexibility index (Phi) is 4.45. The van der Waals surface area contributed by atoms with E-state index in [2.05, 4.69) is 32.9 Å². The van der Waals surface area contributed by atoms with E-state index in [0.29, 0.717) is 5.92 Å². The number of aliphatic hydroxyl groups is 1. The van der Waals surface area contributed by atoms with Gasteiger partial charge in [0.25, 0.3) is 0 Å². The summed E-state index contributed by atoms with van der Waals surface area (Å²) in [6.45, 7) is 6.97. The summed E-state index contributed by atoms with van der Waals surface area (Å²) in [5.41, 5.74) is 2.36. The first-order chi connectivity index (χ1) is 8.52. The highest BCUT2D eigenvalue weighted by Gasteiger charge is 2.27. The van der Waals surface area contributed by atoms with Crippen molar-refractivity contribution in [2.45, 2.75) is 39.3 Å². The average Bonchev–Trinajstić information content (AvgIpc) is 2.89. The summed E-state index contributed by atoms with van der Waals surface area (Å²) in [4.78, 5) is 2.40. The quantitative estimate of drug-likeness (QED) is 0.923. The molecule has 0 amide bonds. The molecule has 4 nitrogen and oxygen atoms in total. The molecule has 5 heteroatoms. The van der Waals surface area contributed by atoms with E-state index in [4.69, 9.17) is 0 Å². The molecule has 2 heterocycles. The van der Waals surface area contributed by atoms with Crippen LogP contribution in [0.4, 0.5) is 0 Å². The minimum atomic E-state index is -0.198. The lowest BCUT2D eigenvalue weighted by Gasteiger charge is -2.17. The van der Waals surface area contributed by atoms with Crippen LogP contribution in [0.1, 0.15) is 31.7 Å². The third-order valence-electron chi connectivity index (χ3n) is 3.87. The van der Waals surface area contributed by atoms with Gasteiger partial charge in [0, 0.05) is 20.1 Å². The molecule has 0 saturated carbocycles. The maximum absolute atomic E-state index is 9.63. The van der Waals surface area contributed by atoms with Crippen LogP contribution in [0, 0.1) is 5.92 Å². The topological polar surface area (TPSA) is 41.3 Å². The zero-order valence-electron chi connectivity index (χ0n) is 11.4. The Bertz CT molecular complexity index is 417. The van der Waals surface area contributed by atoms with Gasteiger partial charge in [-0.3, -0.25) is 9.58 Å². The van der Waals surface area contributed by atoms with Crippen LogP contribution < -0.4 is 0 Å². The smallest absolute Gasteiger partial charge is 0.0767 e. The van der Waals surface area contributed by atoms with Crippen molar-refractivity contribution in [2.24, 2.45) is 13.0 Å². The van der Waals surface area contributed by atoms with Gasteiger partial charge in [-0.1, -0.05) is 6.92 Å². The Balaban J connectivity index is 2.05. The first-order valence-corrected chi connectivity index (χ1v) is 7.42. The Labute approximate surface area is 117 Å². The summed E-state index contributed by atoms with van der Waals surface area (Å²) in [6, 6.07) is 0. The molecule has 0 radical (unpaired) electrons. The third kappa shape index (κ3) is 2.78. The largest absolute Gasteiger partial charge is 0.393 e. The highest BCUT2D eigenvalue weighted by molar-refractivity contribution is 9.10. The van der Waals surface area contributed by atoms with Crippen LogP contribution in [0.3, 0.4) is 0 Å². The van der Waals surface area contributed by atoms with Crippen LogP contribution in [0.2, 0.25) is 0 Å². The normalized spacial score (nSPS) is 22.6. The highest BCUT2D eigenvalue weighted by atomic mass is 79.9. The van der Waals surface area contributed by atoms with E-state index in [1.807, 2.05) is 18.7 Å². The number of hydrogen-bond donors (Lipinski definition) is 1. The van der Waals surface area contributed by atoms with E-state index in [-0.39, 0.29) is 6.10 Å². The Morgan fingerprint density at radius 3 is 2.78 bits per heavy atom. The molecule has 1 fully saturated rings. The van der Waals surface area contributed by atoms with Gasteiger partial charge in [0.05, 0.1) is 22.0 Å². The molecule has 0 bridgehead atoms. The summed E-state index contributed by atoms with van der Waals surface area (Å²) in [5.74, 6) is 0.419. The second-order valence-corrected chi connectivity index (χ2v) is 6.00. The van der Waals surface area contributed by atoms with Crippen molar-refractivity contribution in [3.63, 3.8) is 0 Å². The van der Waals surface area contributed by atoms with Crippen molar-refractivity contribution in [1.82, 2.24) is 14.7 Å². The van der Waals surface area contributed by atoms with E-state index in [1.54, 1.807) is 0 Å². The third-order valence-corrected chi connectivity index (χ3v) is 4.78. The molecule has 0 aromatic carbocycles. The lowest BCUT2D eigenvalue weighted by molar-refractivity contribution is 0.127. The second kappa shape index (κ2) is 5.72. The monoisotopic (exact) mass is 315 g/mol. The number of halogens is 1. The molecule has 2 rings (SSSR count). The predicted molar refractivity (Wildman–Crippen MR) is 75.4 cm³/mol. The SMILES string of the molecule is CCc1nn(C)c(CN2CCC(C(C)O)C2)c1Br. The summed E-state index contributed by atoms with van der Waals surface area (Å²) in [7, 11) is 2.00. The molecular formula is C13H22BrN3O. The Morgan fingerprint density at radius 2 is 2.28 bits per heavy atom. The number of aryl methyl sites for hydroxylation is 2. The first-order valence-electron chi connectivity index (χ1n) is 6.63. The Morgan fingerprint density at radius 1 is 1.56 bits per heavy atom. The zero-order chi connectivity index (χ0) is 13.3. The maximum atomic E-state index is 9.63. The first kappa shape index (κ1) is 14.0. The molecule has 2 unspecified atom stereocenters. The van der Waals surface area contributed by atoms with Gasteiger partial charge in [0.1, 0.15) is 0 Å². The van der Waals surface area contributed by atoms with Gasteiger partial charge in [-0.05, 0) is 48.2 Å². The van der Waals surface area contributed by atoms with Crippen molar-refractivity contribution in [3.05, 3.63) is 15.9 Å². The minimum absolute atomic E-state index is 0.198. The average molecular weight is 316 g/mol. The van der Waals surface area contributed by atoms with E-state index >= 15 is 0 Å². The van der Waals surface area contributed by atoms with Crippen LogP contribution in [-0.2, 0) is 20.0 Å². The molecule has 1 aliphatic rings. The van der Waals surface area contributed by atoms with Gasteiger partial charge >= 0.3 is 0 Å². The van der Waals surface area contributed by atoms with Crippen molar-refractivity contribution in [2.75, 3.05) is 13.1 Å². The van der Waals surface area contributed by atoms with Crippen LogP contribution in [-0.4, -0.2) is 39.0 Å². The summed E-state index contributed by atoms with van der Waals surface area (Å²) in [6.07, 6.45) is 1.84. The maximum Gasteiger partial charge on any atom is 0.0767 e. The minimum Gasteiger partial charge on any atom is -0.393 e. The van der Waals surface area contributed by atoms with Gasteiger partial charge in [0.2, 0.25) is 0 Å². The molecule has 0 spiro atoms. The van der Waals surface area contributed by atoms with Crippen molar-refractivity contribution in [3.8, 4) is 0 Å². The molecule has 1 saturated heterocycles. The van der Waals surface area contributed by atoms with Gasteiger partial charge in [-0.25, -0.2) is 0 Å². The number of hydrogen-bond acceptors (Lipinski definition) is 3. The molecule has 1 aromatic heterocycles. The number of aromatic nitrogens is 2. The van der Waals surface area contributed by atoms with Crippen LogP contribution in [0.25, 0.3) is 0 Å². The molecule has 1 aromatic rings.